The lowest BCUT2D eigenvalue weighted by atomic mass is 10.2. The molecule has 2 N–H and O–H groups in total. The van der Waals surface area contributed by atoms with E-state index in [0.717, 1.165) is 5.56 Å². The molecule has 1 aromatic rings. The normalized spacial score (nSPS) is 12.7. The van der Waals surface area contributed by atoms with Gasteiger partial charge in [-0.05, 0) is 24.6 Å². The SMILES string of the molecule is COCC(C)OCc1ccc(N)c(F)c1. The second kappa shape index (κ2) is 5.68. The molecular weight excluding hydrogens is 197 g/mol. The Balaban J connectivity index is 2.47. The number of anilines is 1. The van der Waals surface area contributed by atoms with Gasteiger partial charge in [0.2, 0.25) is 0 Å². The lowest BCUT2D eigenvalue weighted by molar-refractivity contribution is -0.000195. The summed E-state index contributed by atoms with van der Waals surface area (Å²) in [5, 5.41) is 0. The van der Waals surface area contributed by atoms with E-state index >= 15 is 0 Å². The number of nitrogens with two attached hydrogens (primary N) is 1. The Morgan fingerprint density at radius 2 is 2.20 bits per heavy atom. The van der Waals surface area contributed by atoms with Gasteiger partial charge in [-0.3, -0.25) is 0 Å². The molecule has 0 radical (unpaired) electrons. The Morgan fingerprint density at radius 1 is 1.47 bits per heavy atom. The topological polar surface area (TPSA) is 44.5 Å². The van der Waals surface area contributed by atoms with Crippen LogP contribution in [0.3, 0.4) is 0 Å². The van der Waals surface area contributed by atoms with E-state index in [0.29, 0.717) is 13.2 Å². The monoisotopic (exact) mass is 213 g/mol. The van der Waals surface area contributed by atoms with E-state index < -0.39 is 5.82 Å². The molecule has 0 fully saturated rings. The summed E-state index contributed by atoms with van der Waals surface area (Å²) in [7, 11) is 1.61. The second-order valence-corrected chi connectivity index (χ2v) is 3.43. The third kappa shape index (κ3) is 3.85. The lowest BCUT2D eigenvalue weighted by Gasteiger charge is -2.12. The first kappa shape index (κ1) is 11.9. The fourth-order valence-electron chi connectivity index (χ4n) is 1.18. The number of hydrogen-bond donors (Lipinski definition) is 1. The van der Waals surface area contributed by atoms with Crippen LogP contribution in [-0.4, -0.2) is 19.8 Å². The van der Waals surface area contributed by atoms with Crippen molar-refractivity contribution in [2.24, 2.45) is 0 Å². The van der Waals surface area contributed by atoms with Crippen molar-refractivity contribution in [1.29, 1.82) is 0 Å². The number of halogens is 1. The number of ether oxygens (including phenoxy) is 2. The van der Waals surface area contributed by atoms with Crippen LogP contribution in [0.2, 0.25) is 0 Å². The summed E-state index contributed by atoms with van der Waals surface area (Å²) < 4.78 is 23.4. The van der Waals surface area contributed by atoms with Gasteiger partial charge in [0.15, 0.2) is 0 Å². The smallest absolute Gasteiger partial charge is 0.146 e. The molecule has 1 atom stereocenters. The van der Waals surface area contributed by atoms with E-state index in [1.807, 2.05) is 6.92 Å². The summed E-state index contributed by atoms with van der Waals surface area (Å²) in [5.41, 5.74) is 6.28. The van der Waals surface area contributed by atoms with Gasteiger partial charge in [-0.15, -0.1) is 0 Å². The van der Waals surface area contributed by atoms with Crippen molar-refractivity contribution in [2.75, 3.05) is 19.5 Å². The molecule has 0 saturated carbocycles. The largest absolute Gasteiger partial charge is 0.396 e. The van der Waals surface area contributed by atoms with Gasteiger partial charge in [0, 0.05) is 7.11 Å². The molecule has 0 bridgehead atoms. The maximum absolute atomic E-state index is 13.0. The van der Waals surface area contributed by atoms with E-state index in [4.69, 9.17) is 15.2 Å². The number of hydrogen-bond acceptors (Lipinski definition) is 3. The van der Waals surface area contributed by atoms with Crippen LogP contribution in [0.1, 0.15) is 12.5 Å². The Morgan fingerprint density at radius 3 is 2.80 bits per heavy atom. The quantitative estimate of drug-likeness (QED) is 0.760. The van der Waals surface area contributed by atoms with Gasteiger partial charge in [0.25, 0.3) is 0 Å². The van der Waals surface area contributed by atoms with Gasteiger partial charge in [-0.1, -0.05) is 6.07 Å². The molecule has 0 amide bonds. The first-order valence-corrected chi connectivity index (χ1v) is 4.78. The van der Waals surface area contributed by atoms with Crippen LogP contribution < -0.4 is 5.73 Å². The van der Waals surface area contributed by atoms with Crippen molar-refractivity contribution in [3.05, 3.63) is 29.6 Å². The van der Waals surface area contributed by atoms with E-state index in [9.17, 15) is 4.39 Å². The molecule has 1 unspecified atom stereocenters. The third-order valence-corrected chi connectivity index (χ3v) is 2.00. The van der Waals surface area contributed by atoms with Crippen molar-refractivity contribution in [3.63, 3.8) is 0 Å². The number of rotatable bonds is 5. The van der Waals surface area contributed by atoms with Gasteiger partial charge in [0.1, 0.15) is 5.82 Å². The fourth-order valence-corrected chi connectivity index (χ4v) is 1.18. The van der Waals surface area contributed by atoms with Crippen LogP contribution in [0.4, 0.5) is 10.1 Å². The molecule has 3 nitrogen and oxygen atoms in total. The average molecular weight is 213 g/mol. The van der Waals surface area contributed by atoms with E-state index in [2.05, 4.69) is 0 Å². The molecular formula is C11H16FNO2. The highest BCUT2D eigenvalue weighted by Crippen LogP contribution is 2.13. The summed E-state index contributed by atoms with van der Waals surface area (Å²) in [4.78, 5) is 0. The molecule has 0 heterocycles. The van der Waals surface area contributed by atoms with Crippen molar-refractivity contribution in [2.45, 2.75) is 19.6 Å². The van der Waals surface area contributed by atoms with Crippen LogP contribution in [0.5, 0.6) is 0 Å². The number of benzene rings is 1. The summed E-state index contributed by atoms with van der Waals surface area (Å²) in [6.45, 7) is 2.79. The van der Waals surface area contributed by atoms with Crippen LogP contribution in [0, 0.1) is 5.82 Å². The zero-order chi connectivity index (χ0) is 11.3. The van der Waals surface area contributed by atoms with Crippen molar-refractivity contribution < 1.29 is 13.9 Å². The Hall–Kier alpha value is -1.13. The van der Waals surface area contributed by atoms with Crippen LogP contribution in [0.15, 0.2) is 18.2 Å². The number of methoxy groups -OCH3 is 1. The predicted octanol–water partition coefficient (Wildman–Crippen LogP) is 1.96. The summed E-state index contributed by atoms with van der Waals surface area (Å²) in [6, 6.07) is 4.67. The molecule has 0 aromatic heterocycles. The van der Waals surface area contributed by atoms with Gasteiger partial charge < -0.3 is 15.2 Å². The zero-order valence-electron chi connectivity index (χ0n) is 9.00. The molecule has 1 rings (SSSR count). The Bertz CT molecular complexity index is 317. The van der Waals surface area contributed by atoms with Crippen molar-refractivity contribution in [3.8, 4) is 0 Å². The lowest BCUT2D eigenvalue weighted by Crippen LogP contribution is -2.14. The maximum atomic E-state index is 13.0. The highest BCUT2D eigenvalue weighted by atomic mass is 19.1. The van der Waals surface area contributed by atoms with Gasteiger partial charge >= 0.3 is 0 Å². The van der Waals surface area contributed by atoms with Crippen molar-refractivity contribution >= 4 is 5.69 Å². The summed E-state index contributed by atoms with van der Waals surface area (Å²) in [5.74, 6) is -0.407. The Kier molecular flexibility index (Phi) is 4.52. The highest BCUT2D eigenvalue weighted by molar-refractivity contribution is 5.41. The van der Waals surface area contributed by atoms with Gasteiger partial charge in [-0.2, -0.15) is 0 Å². The zero-order valence-corrected chi connectivity index (χ0v) is 9.00. The molecule has 1 aromatic carbocycles. The molecule has 0 spiro atoms. The predicted molar refractivity (Wildman–Crippen MR) is 56.9 cm³/mol. The maximum Gasteiger partial charge on any atom is 0.146 e. The molecule has 0 aliphatic rings. The molecule has 84 valence electrons. The van der Waals surface area contributed by atoms with Gasteiger partial charge in [0.05, 0.1) is 25.0 Å². The van der Waals surface area contributed by atoms with E-state index in [1.165, 1.54) is 12.1 Å². The van der Waals surface area contributed by atoms with Crippen molar-refractivity contribution in [1.82, 2.24) is 0 Å². The number of nitrogen functional groups attached to an aromatic ring is 1. The van der Waals surface area contributed by atoms with Crippen LogP contribution >= 0.6 is 0 Å². The van der Waals surface area contributed by atoms with Crippen LogP contribution in [-0.2, 0) is 16.1 Å². The third-order valence-electron chi connectivity index (χ3n) is 2.00. The molecule has 0 aliphatic heterocycles. The van der Waals surface area contributed by atoms with Gasteiger partial charge in [-0.25, -0.2) is 4.39 Å². The first-order chi connectivity index (χ1) is 7.13. The molecule has 0 saturated heterocycles. The van der Waals surface area contributed by atoms with Crippen LogP contribution in [0.25, 0.3) is 0 Å². The fraction of sp³-hybridized carbons (Fsp3) is 0.455. The average Bonchev–Trinajstić information content (AvgIpc) is 2.20. The minimum Gasteiger partial charge on any atom is -0.396 e. The Labute approximate surface area is 89.0 Å². The van der Waals surface area contributed by atoms with E-state index in [-0.39, 0.29) is 11.8 Å². The minimum atomic E-state index is -0.407. The summed E-state index contributed by atoms with van der Waals surface area (Å²) in [6.07, 6.45) is -0.00406. The molecule has 4 heteroatoms. The minimum absolute atomic E-state index is 0.00406. The molecule has 0 aliphatic carbocycles. The summed E-state index contributed by atoms with van der Waals surface area (Å²) >= 11 is 0. The second-order valence-electron chi connectivity index (χ2n) is 3.43. The highest BCUT2D eigenvalue weighted by Gasteiger charge is 2.04. The molecule has 15 heavy (non-hydrogen) atoms. The van der Waals surface area contributed by atoms with E-state index in [1.54, 1.807) is 13.2 Å². The first-order valence-electron chi connectivity index (χ1n) is 4.78. The standard InChI is InChI=1S/C11H16FNO2/c1-8(6-14-2)15-7-9-3-4-11(13)10(12)5-9/h3-5,8H,6-7,13H2,1-2H3.